The number of nitrogens with zero attached hydrogens (tertiary/aromatic N) is 1. The van der Waals surface area contributed by atoms with E-state index < -0.39 is 0 Å². The standard InChI is InChI=1S/C19H28N4O2/c1-3-6-17-18(24)23(19(25)20-17)14-22-11-9-21(10-12-22)13-16-8-5-4-7-15(16)2/h4-5,7-8,17H,3,6,9-14H2,1-2H3,(H,20,25)/p+2/t17-/m1/s1. The largest absolute Gasteiger partial charge is 0.329 e. The normalized spacial score (nSPS) is 26.8. The van der Waals surface area contributed by atoms with E-state index in [0.717, 1.165) is 45.6 Å². The number of carbonyl (C=O) groups excluding carboxylic acids is 2. The third-order valence-electron chi connectivity index (χ3n) is 5.43. The SMILES string of the molecule is CCC[C@H]1NC(=O)N(C[NH+]2CC[NH+](Cc3ccccc3C)CC2)C1=O. The summed E-state index contributed by atoms with van der Waals surface area (Å²) < 4.78 is 0. The van der Waals surface area contributed by atoms with E-state index in [2.05, 4.69) is 36.5 Å². The van der Waals surface area contributed by atoms with Crippen molar-refractivity contribution in [3.63, 3.8) is 0 Å². The first-order valence-corrected chi connectivity index (χ1v) is 9.42. The maximum atomic E-state index is 12.3. The molecule has 3 rings (SSSR count). The average Bonchev–Trinajstić information content (AvgIpc) is 2.86. The van der Waals surface area contributed by atoms with E-state index in [4.69, 9.17) is 0 Å². The summed E-state index contributed by atoms with van der Waals surface area (Å²) in [6.45, 7) is 9.90. The summed E-state index contributed by atoms with van der Waals surface area (Å²) in [5.41, 5.74) is 2.77. The highest BCUT2D eigenvalue weighted by Crippen LogP contribution is 2.09. The predicted molar refractivity (Wildman–Crippen MR) is 95.2 cm³/mol. The molecule has 2 aliphatic rings. The number of quaternary nitrogens is 2. The van der Waals surface area contributed by atoms with Crippen LogP contribution >= 0.6 is 0 Å². The molecule has 2 saturated heterocycles. The van der Waals surface area contributed by atoms with Gasteiger partial charge in [-0.05, 0) is 18.9 Å². The van der Waals surface area contributed by atoms with Crippen molar-refractivity contribution in [2.75, 3.05) is 32.8 Å². The van der Waals surface area contributed by atoms with Gasteiger partial charge in [-0.25, -0.2) is 9.69 Å². The third-order valence-corrected chi connectivity index (χ3v) is 5.43. The van der Waals surface area contributed by atoms with E-state index in [-0.39, 0.29) is 18.0 Å². The van der Waals surface area contributed by atoms with E-state index in [1.807, 2.05) is 6.92 Å². The first-order valence-electron chi connectivity index (χ1n) is 9.42. The average molecular weight is 346 g/mol. The Hall–Kier alpha value is -1.92. The molecule has 0 radical (unpaired) electrons. The van der Waals surface area contributed by atoms with Crippen LogP contribution < -0.4 is 15.1 Å². The number of carbonyl (C=O) groups is 2. The van der Waals surface area contributed by atoms with Gasteiger partial charge in [-0.3, -0.25) is 4.79 Å². The lowest BCUT2D eigenvalue weighted by molar-refractivity contribution is -1.02. The second-order valence-electron chi connectivity index (χ2n) is 7.32. The molecule has 1 aromatic carbocycles. The molecule has 1 aromatic rings. The Morgan fingerprint density at radius 1 is 1.12 bits per heavy atom. The summed E-state index contributed by atoms with van der Waals surface area (Å²) in [4.78, 5) is 28.7. The molecule has 136 valence electrons. The van der Waals surface area contributed by atoms with Crippen LogP contribution in [0.3, 0.4) is 0 Å². The van der Waals surface area contributed by atoms with Crippen molar-refractivity contribution in [3.8, 4) is 0 Å². The van der Waals surface area contributed by atoms with Gasteiger partial charge < -0.3 is 15.1 Å². The molecule has 6 heteroatoms. The lowest BCUT2D eigenvalue weighted by atomic mass is 10.1. The summed E-state index contributed by atoms with van der Waals surface area (Å²) in [5, 5.41) is 2.81. The molecule has 0 spiro atoms. The fraction of sp³-hybridized carbons (Fsp3) is 0.579. The molecule has 0 aliphatic carbocycles. The number of amides is 3. The topological polar surface area (TPSA) is 58.3 Å². The summed E-state index contributed by atoms with van der Waals surface area (Å²) in [5.74, 6) is -0.0472. The Morgan fingerprint density at radius 3 is 2.48 bits per heavy atom. The lowest BCUT2D eigenvalue weighted by Gasteiger charge is -2.31. The predicted octanol–water partition coefficient (Wildman–Crippen LogP) is -1.04. The van der Waals surface area contributed by atoms with Gasteiger partial charge in [0, 0.05) is 5.56 Å². The Bertz CT molecular complexity index is 626. The Balaban J connectivity index is 1.49. The quantitative estimate of drug-likeness (QED) is 0.576. The number of piperazine rings is 1. The number of hydrogen-bond acceptors (Lipinski definition) is 2. The lowest BCUT2D eigenvalue weighted by Crippen LogP contribution is -3.28. The van der Waals surface area contributed by atoms with Gasteiger partial charge in [0.2, 0.25) is 0 Å². The van der Waals surface area contributed by atoms with Crippen molar-refractivity contribution in [2.24, 2.45) is 0 Å². The van der Waals surface area contributed by atoms with Crippen molar-refractivity contribution >= 4 is 11.9 Å². The van der Waals surface area contributed by atoms with Crippen molar-refractivity contribution in [1.29, 1.82) is 0 Å². The summed E-state index contributed by atoms with van der Waals surface area (Å²) in [7, 11) is 0. The molecule has 2 heterocycles. The number of nitrogens with one attached hydrogen (secondary N) is 3. The first-order chi connectivity index (χ1) is 12.1. The van der Waals surface area contributed by atoms with Crippen LogP contribution in [0.25, 0.3) is 0 Å². The molecule has 0 aromatic heterocycles. The second-order valence-corrected chi connectivity index (χ2v) is 7.32. The fourth-order valence-corrected chi connectivity index (χ4v) is 3.80. The maximum Gasteiger partial charge on any atom is 0.329 e. The van der Waals surface area contributed by atoms with Crippen LogP contribution in [0.5, 0.6) is 0 Å². The van der Waals surface area contributed by atoms with Crippen LogP contribution in [0.1, 0.15) is 30.9 Å². The molecule has 3 amide bonds. The summed E-state index contributed by atoms with van der Waals surface area (Å²) in [6, 6.07) is 8.03. The van der Waals surface area contributed by atoms with E-state index in [0.29, 0.717) is 6.67 Å². The number of benzene rings is 1. The number of urea groups is 1. The summed E-state index contributed by atoms with van der Waals surface area (Å²) >= 11 is 0. The van der Waals surface area contributed by atoms with Crippen LogP contribution in [0.4, 0.5) is 4.79 Å². The monoisotopic (exact) mass is 346 g/mol. The van der Waals surface area contributed by atoms with Gasteiger partial charge in [0.1, 0.15) is 38.8 Å². The molecule has 2 aliphatic heterocycles. The number of imide groups is 1. The molecule has 25 heavy (non-hydrogen) atoms. The van der Waals surface area contributed by atoms with Gasteiger partial charge in [-0.1, -0.05) is 37.6 Å². The van der Waals surface area contributed by atoms with Gasteiger partial charge in [0.15, 0.2) is 6.67 Å². The third kappa shape index (κ3) is 4.19. The molecule has 3 N–H and O–H groups in total. The molecule has 1 atom stereocenters. The zero-order chi connectivity index (χ0) is 17.8. The smallest absolute Gasteiger partial charge is 0.326 e. The van der Waals surface area contributed by atoms with Crippen LogP contribution in [0, 0.1) is 6.92 Å². The van der Waals surface area contributed by atoms with Crippen LogP contribution in [0.15, 0.2) is 24.3 Å². The minimum absolute atomic E-state index is 0.0472. The van der Waals surface area contributed by atoms with Crippen molar-refractivity contribution < 1.29 is 19.4 Å². The summed E-state index contributed by atoms with van der Waals surface area (Å²) in [6.07, 6.45) is 1.63. The zero-order valence-electron chi connectivity index (χ0n) is 15.3. The van der Waals surface area contributed by atoms with Crippen molar-refractivity contribution in [3.05, 3.63) is 35.4 Å². The fourth-order valence-electron chi connectivity index (χ4n) is 3.80. The van der Waals surface area contributed by atoms with Crippen LogP contribution in [-0.2, 0) is 11.3 Å². The molecule has 0 bridgehead atoms. The Kier molecular flexibility index (Phi) is 5.71. The highest BCUT2D eigenvalue weighted by Gasteiger charge is 2.40. The van der Waals surface area contributed by atoms with E-state index in [1.165, 1.54) is 20.9 Å². The van der Waals surface area contributed by atoms with E-state index >= 15 is 0 Å². The Morgan fingerprint density at radius 2 is 1.80 bits per heavy atom. The highest BCUT2D eigenvalue weighted by molar-refractivity contribution is 6.03. The first kappa shape index (κ1) is 17.9. The molecular weight excluding hydrogens is 316 g/mol. The minimum Gasteiger partial charge on any atom is -0.326 e. The number of rotatable bonds is 6. The maximum absolute atomic E-state index is 12.3. The van der Waals surface area contributed by atoms with E-state index in [9.17, 15) is 9.59 Å². The molecule has 6 nitrogen and oxygen atoms in total. The number of hydrogen-bond donors (Lipinski definition) is 3. The number of aryl methyl sites for hydroxylation is 1. The van der Waals surface area contributed by atoms with Gasteiger partial charge in [-0.2, -0.15) is 0 Å². The van der Waals surface area contributed by atoms with Crippen LogP contribution in [-0.4, -0.2) is 55.7 Å². The minimum atomic E-state index is -0.315. The molecule has 0 unspecified atom stereocenters. The second kappa shape index (κ2) is 7.97. The van der Waals surface area contributed by atoms with Gasteiger partial charge in [0.25, 0.3) is 5.91 Å². The molecule has 2 fully saturated rings. The highest BCUT2D eigenvalue weighted by atomic mass is 16.2. The van der Waals surface area contributed by atoms with Gasteiger partial charge in [-0.15, -0.1) is 0 Å². The van der Waals surface area contributed by atoms with Crippen molar-refractivity contribution in [2.45, 2.75) is 39.3 Å². The molecule has 0 saturated carbocycles. The van der Waals surface area contributed by atoms with Gasteiger partial charge in [0.05, 0.1) is 0 Å². The molecular formula is C19H30N4O2+2. The van der Waals surface area contributed by atoms with E-state index in [1.54, 1.807) is 4.90 Å². The van der Waals surface area contributed by atoms with Crippen molar-refractivity contribution in [1.82, 2.24) is 10.2 Å². The van der Waals surface area contributed by atoms with Gasteiger partial charge >= 0.3 is 6.03 Å². The Labute approximate surface area is 149 Å². The van der Waals surface area contributed by atoms with Crippen LogP contribution in [0.2, 0.25) is 0 Å². The zero-order valence-corrected chi connectivity index (χ0v) is 15.3.